The van der Waals surface area contributed by atoms with Crippen molar-refractivity contribution in [3.8, 4) is 17.5 Å². The number of thioether (sulfide) groups is 1. The summed E-state index contributed by atoms with van der Waals surface area (Å²) < 4.78 is 1.38. The molecular formula is C17H16N6OS2. The Kier molecular flexibility index (Phi) is 5.25. The van der Waals surface area contributed by atoms with Crippen molar-refractivity contribution >= 4 is 34.0 Å². The molecule has 0 aliphatic carbocycles. The number of carbonyl (C=O) groups is 1. The van der Waals surface area contributed by atoms with Crippen LogP contribution in [0.1, 0.15) is 18.1 Å². The Hall–Kier alpha value is -2.83. The zero-order chi connectivity index (χ0) is 18.7. The summed E-state index contributed by atoms with van der Waals surface area (Å²) in [6.07, 6.45) is 0. The number of nitrogens with two attached hydrogens (primary N) is 1. The largest absolute Gasteiger partial charge is 0.335 e. The number of aryl methyl sites for hydroxylation is 1. The highest BCUT2D eigenvalue weighted by Gasteiger charge is 2.21. The Bertz CT molecular complexity index is 970. The zero-order valence-corrected chi connectivity index (χ0v) is 15.8. The minimum Gasteiger partial charge on any atom is -0.335 e. The van der Waals surface area contributed by atoms with Gasteiger partial charge in [-0.05, 0) is 25.3 Å². The molecule has 26 heavy (non-hydrogen) atoms. The molecule has 1 atom stereocenters. The summed E-state index contributed by atoms with van der Waals surface area (Å²) in [6, 6.07) is 11.5. The fourth-order valence-corrected chi connectivity index (χ4v) is 3.69. The van der Waals surface area contributed by atoms with Gasteiger partial charge in [-0.1, -0.05) is 41.6 Å². The first kappa shape index (κ1) is 18.0. The smallest absolute Gasteiger partial charge is 0.238 e. The average molecular weight is 384 g/mol. The Balaban J connectivity index is 1.72. The normalized spacial score (nSPS) is 11.7. The number of hydrogen-bond donors (Lipinski definition) is 2. The lowest BCUT2D eigenvalue weighted by Gasteiger charge is -2.10. The third-order valence-electron chi connectivity index (χ3n) is 3.65. The van der Waals surface area contributed by atoms with Gasteiger partial charge in [0.25, 0.3) is 0 Å². The van der Waals surface area contributed by atoms with E-state index >= 15 is 0 Å². The molecule has 0 unspecified atom stereocenters. The zero-order valence-electron chi connectivity index (χ0n) is 14.1. The second-order valence-corrected chi connectivity index (χ2v) is 7.79. The van der Waals surface area contributed by atoms with Crippen LogP contribution in [-0.2, 0) is 4.79 Å². The number of thiophene rings is 1. The molecule has 1 amide bonds. The van der Waals surface area contributed by atoms with Gasteiger partial charge < -0.3 is 11.2 Å². The molecule has 132 valence electrons. The lowest BCUT2D eigenvalue weighted by molar-refractivity contribution is -0.115. The van der Waals surface area contributed by atoms with Crippen molar-refractivity contribution in [1.29, 1.82) is 5.26 Å². The van der Waals surface area contributed by atoms with Crippen molar-refractivity contribution in [2.75, 3.05) is 11.2 Å². The summed E-state index contributed by atoms with van der Waals surface area (Å²) in [4.78, 5) is 12.4. The molecule has 2 heterocycles. The van der Waals surface area contributed by atoms with Gasteiger partial charge >= 0.3 is 0 Å². The van der Waals surface area contributed by atoms with Gasteiger partial charge in [0.2, 0.25) is 11.1 Å². The van der Waals surface area contributed by atoms with Crippen LogP contribution in [0.25, 0.3) is 11.4 Å². The van der Waals surface area contributed by atoms with Gasteiger partial charge in [-0.2, -0.15) is 5.26 Å². The minimum atomic E-state index is -0.457. The molecule has 3 N–H and O–H groups in total. The molecule has 0 radical (unpaired) electrons. The van der Waals surface area contributed by atoms with E-state index in [0.29, 0.717) is 21.5 Å². The van der Waals surface area contributed by atoms with Crippen LogP contribution in [0.4, 0.5) is 5.00 Å². The molecule has 0 spiro atoms. The summed E-state index contributed by atoms with van der Waals surface area (Å²) in [7, 11) is 0. The lowest BCUT2D eigenvalue weighted by Crippen LogP contribution is -2.23. The van der Waals surface area contributed by atoms with Crippen molar-refractivity contribution in [1.82, 2.24) is 14.9 Å². The average Bonchev–Trinajstić information content (AvgIpc) is 3.22. The highest BCUT2D eigenvalue weighted by Crippen LogP contribution is 2.27. The topological polar surface area (TPSA) is 110 Å². The number of amides is 1. The molecule has 7 nitrogen and oxygen atoms in total. The summed E-state index contributed by atoms with van der Waals surface area (Å²) >= 11 is 2.52. The van der Waals surface area contributed by atoms with E-state index in [9.17, 15) is 4.79 Å². The third-order valence-corrected chi connectivity index (χ3v) is 5.53. The number of carbonyl (C=O) groups excluding carboxylic acids is 1. The van der Waals surface area contributed by atoms with Gasteiger partial charge in [0.05, 0.1) is 10.8 Å². The number of nitriles is 1. The van der Waals surface area contributed by atoms with Crippen molar-refractivity contribution in [3.63, 3.8) is 0 Å². The van der Waals surface area contributed by atoms with E-state index in [1.54, 1.807) is 18.4 Å². The van der Waals surface area contributed by atoms with Crippen LogP contribution in [0.3, 0.4) is 0 Å². The van der Waals surface area contributed by atoms with Crippen LogP contribution in [0.5, 0.6) is 0 Å². The van der Waals surface area contributed by atoms with E-state index in [1.165, 1.54) is 27.8 Å². The Morgan fingerprint density at radius 1 is 1.35 bits per heavy atom. The predicted octanol–water partition coefficient (Wildman–Crippen LogP) is 3.02. The molecule has 0 aliphatic heterocycles. The van der Waals surface area contributed by atoms with Crippen LogP contribution in [-0.4, -0.2) is 26.0 Å². The highest BCUT2D eigenvalue weighted by molar-refractivity contribution is 8.00. The number of rotatable bonds is 5. The first-order chi connectivity index (χ1) is 12.5. The Morgan fingerprint density at radius 3 is 2.77 bits per heavy atom. The number of anilines is 1. The molecule has 0 aliphatic rings. The fourth-order valence-electron chi connectivity index (χ4n) is 2.18. The van der Waals surface area contributed by atoms with Gasteiger partial charge in [-0.15, -0.1) is 21.5 Å². The number of hydrogen-bond acceptors (Lipinski definition) is 7. The van der Waals surface area contributed by atoms with E-state index in [2.05, 4.69) is 15.5 Å². The van der Waals surface area contributed by atoms with E-state index in [0.717, 1.165) is 11.1 Å². The van der Waals surface area contributed by atoms with Crippen LogP contribution >= 0.6 is 23.1 Å². The number of nitrogen functional groups attached to an aromatic ring is 1. The molecule has 3 aromatic rings. The monoisotopic (exact) mass is 384 g/mol. The minimum absolute atomic E-state index is 0.228. The van der Waals surface area contributed by atoms with E-state index in [4.69, 9.17) is 11.1 Å². The summed E-state index contributed by atoms with van der Waals surface area (Å²) in [5.74, 6) is 6.41. The number of nitrogens with zero attached hydrogens (tertiary/aromatic N) is 4. The molecule has 9 heteroatoms. The first-order valence-electron chi connectivity index (χ1n) is 7.72. The number of nitrogens with one attached hydrogen (secondary N) is 1. The highest BCUT2D eigenvalue weighted by atomic mass is 32.2. The summed E-state index contributed by atoms with van der Waals surface area (Å²) in [6.45, 7) is 3.75. The SMILES string of the molecule is Cc1ccc(-c2nnc(S[C@@H](C)C(=O)Nc3sccc3C#N)n2N)cc1. The van der Waals surface area contributed by atoms with E-state index in [-0.39, 0.29) is 5.91 Å². The maximum Gasteiger partial charge on any atom is 0.238 e. The Morgan fingerprint density at radius 2 is 2.08 bits per heavy atom. The van der Waals surface area contributed by atoms with Crippen molar-refractivity contribution in [3.05, 3.63) is 46.8 Å². The fraction of sp³-hybridized carbons (Fsp3) is 0.176. The van der Waals surface area contributed by atoms with Gasteiger partial charge in [-0.3, -0.25) is 4.79 Å². The second kappa shape index (κ2) is 7.59. The van der Waals surface area contributed by atoms with E-state index < -0.39 is 5.25 Å². The molecule has 0 saturated carbocycles. The molecule has 0 saturated heterocycles. The summed E-state index contributed by atoms with van der Waals surface area (Å²) in [5, 5.41) is 22.3. The van der Waals surface area contributed by atoms with Crippen molar-refractivity contribution < 1.29 is 4.79 Å². The van der Waals surface area contributed by atoms with Gasteiger partial charge in [0, 0.05) is 5.56 Å². The second-order valence-electron chi connectivity index (χ2n) is 5.57. The van der Waals surface area contributed by atoms with Crippen LogP contribution in [0.15, 0.2) is 40.9 Å². The Labute approximate surface area is 158 Å². The van der Waals surface area contributed by atoms with Gasteiger partial charge in [-0.25, -0.2) is 4.68 Å². The van der Waals surface area contributed by atoms with Crippen LogP contribution in [0.2, 0.25) is 0 Å². The first-order valence-corrected chi connectivity index (χ1v) is 9.48. The molecule has 0 fully saturated rings. The molecular weight excluding hydrogens is 368 g/mol. The van der Waals surface area contributed by atoms with Crippen molar-refractivity contribution in [2.24, 2.45) is 0 Å². The standard InChI is InChI=1S/C17H16N6OS2/c1-10-3-5-12(6-4-10)14-21-22-17(23(14)19)26-11(2)15(24)20-16-13(9-18)7-8-25-16/h3-8,11H,19H2,1-2H3,(H,20,24)/t11-/m0/s1. The quantitative estimate of drug-likeness (QED) is 0.517. The molecule has 2 aromatic heterocycles. The molecule has 3 rings (SSSR count). The molecule has 1 aromatic carbocycles. The third kappa shape index (κ3) is 3.71. The number of aromatic nitrogens is 3. The lowest BCUT2D eigenvalue weighted by atomic mass is 10.1. The molecule has 0 bridgehead atoms. The predicted molar refractivity (Wildman–Crippen MR) is 103 cm³/mol. The maximum absolute atomic E-state index is 12.4. The van der Waals surface area contributed by atoms with Gasteiger partial charge in [0.1, 0.15) is 11.1 Å². The van der Waals surface area contributed by atoms with Crippen molar-refractivity contribution in [2.45, 2.75) is 24.3 Å². The maximum atomic E-state index is 12.4. The van der Waals surface area contributed by atoms with Crippen LogP contribution < -0.4 is 11.2 Å². The number of benzene rings is 1. The van der Waals surface area contributed by atoms with Crippen LogP contribution in [0, 0.1) is 18.3 Å². The van der Waals surface area contributed by atoms with E-state index in [1.807, 2.05) is 37.3 Å². The van der Waals surface area contributed by atoms with Gasteiger partial charge in [0.15, 0.2) is 5.82 Å². The summed E-state index contributed by atoms with van der Waals surface area (Å²) in [5.41, 5.74) is 2.44.